The Kier molecular flexibility index (Phi) is 4.44. The van der Waals surface area contributed by atoms with E-state index in [4.69, 9.17) is 9.47 Å². The fraction of sp³-hybridized carbons (Fsp3) is 0.571. The molecule has 100 valence electrons. The van der Waals surface area contributed by atoms with Gasteiger partial charge >= 0.3 is 0 Å². The van der Waals surface area contributed by atoms with Crippen LogP contribution in [0, 0.1) is 0 Å². The standard InChI is InChI=1S/C14H21NO3/c1-17-12-6-5-11(14(16)8-12)9-15-7-3-4-13(10-15)18-2/h5-6,8,13,16H,3-4,7,9-10H2,1-2H3. The van der Waals surface area contributed by atoms with Crippen molar-refractivity contribution >= 4 is 0 Å². The minimum Gasteiger partial charge on any atom is -0.507 e. The van der Waals surface area contributed by atoms with Crippen molar-refractivity contribution in [2.45, 2.75) is 25.5 Å². The number of aromatic hydroxyl groups is 1. The molecule has 0 spiro atoms. The Hall–Kier alpha value is -1.26. The van der Waals surface area contributed by atoms with E-state index in [2.05, 4.69) is 4.90 Å². The monoisotopic (exact) mass is 251 g/mol. The van der Waals surface area contributed by atoms with Gasteiger partial charge in [-0.2, -0.15) is 0 Å². The van der Waals surface area contributed by atoms with Crippen LogP contribution < -0.4 is 4.74 Å². The van der Waals surface area contributed by atoms with Crippen LogP contribution in [0.4, 0.5) is 0 Å². The second kappa shape index (κ2) is 6.07. The Bertz CT molecular complexity index is 395. The van der Waals surface area contributed by atoms with E-state index in [0.29, 0.717) is 17.6 Å². The molecule has 1 N–H and O–H groups in total. The summed E-state index contributed by atoms with van der Waals surface area (Å²) in [4.78, 5) is 2.32. The molecule has 1 fully saturated rings. The topological polar surface area (TPSA) is 41.9 Å². The molecule has 1 aliphatic rings. The lowest BCUT2D eigenvalue weighted by atomic mass is 10.1. The van der Waals surface area contributed by atoms with Crippen LogP contribution in [-0.4, -0.2) is 43.4 Å². The van der Waals surface area contributed by atoms with Gasteiger partial charge in [-0.1, -0.05) is 6.07 Å². The number of phenols is 1. The molecule has 18 heavy (non-hydrogen) atoms. The third-order valence-corrected chi connectivity index (χ3v) is 3.48. The van der Waals surface area contributed by atoms with E-state index in [1.54, 1.807) is 20.3 Å². The minimum atomic E-state index is 0.300. The molecular weight excluding hydrogens is 230 g/mol. The fourth-order valence-corrected chi connectivity index (χ4v) is 2.39. The molecule has 1 aliphatic heterocycles. The normalized spacial score (nSPS) is 20.9. The molecule has 1 unspecified atom stereocenters. The first kappa shape index (κ1) is 13.2. The van der Waals surface area contributed by atoms with Crippen molar-refractivity contribution in [3.05, 3.63) is 23.8 Å². The zero-order chi connectivity index (χ0) is 13.0. The van der Waals surface area contributed by atoms with Gasteiger partial charge in [0.25, 0.3) is 0 Å². The summed E-state index contributed by atoms with van der Waals surface area (Å²) >= 11 is 0. The van der Waals surface area contributed by atoms with E-state index in [9.17, 15) is 5.11 Å². The van der Waals surface area contributed by atoms with Crippen LogP contribution in [0.25, 0.3) is 0 Å². The number of nitrogens with zero attached hydrogens (tertiary/aromatic N) is 1. The van der Waals surface area contributed by atoms with Crippen LogP contribution in [0.1, 0.15) is 18.4 Å². The molecule has 1 aromatic carbocycles. The molecule has 2 rings (SSSR count). The predicted octanol–water partition coefficient (Wildman–Crippen LogP) is 2.01. The second-order valence-electron chi connectivity index (χ2n) is 4.73. The Morgan fingerprint density at radius 3 is 2.89 bits per heavy atom. The zero-order valence-electron chi connectivity index (χ0n) is 11.1. The summed E-state index contributed by atoms with van der Waals surface area (Å²) in [5.74, 6) is 0.985. The predicted molar refractivity (Wildman–Crippen MR) is 70.0 cm³/mol. The van der Waals surface area contributed by atoms with Crippen molar-refractivity contribution in [1.82, 2.24) is 4.90 Å². The van der Waals surface area contributed by atoms with Gasteiger partial charge in [-0.15, -0.1) is 0 Å². The lowest BCUT2D eigenvalue weighted by Gasteiger charge is -2.32. The average Bonchev–Trinajstić information content (AvgIpc) is 2.41. The number of benzene rings is 1. The van der Waals surface area contributed by atoms with Gasteiger partial charge in [-0.3, -0.25) is 4.90 Å². The number of rotatable bonds is 4. The first-order chi connectivity index (χ1) is 8.72. The molecule has 4 heteroatoms. The maximum absolute atomic E-state index is 9.94. The van der Waals surface area contributed by atoms with Crippen LogP contribution in [0.5, 0.6) is 11.5 Å². The maximum atomic E-state index is 9.94. The minimum absolute atomic E-state index is 0.300. The molecule has 0 bridgehead atoms. The number of phenolic OH excluding ortho intramolecular Hbond substituents is 1. The first-order valence-electron chi connectivity index (χ1n) is 6.34. The van der Waals surface area contributed by atoms with Gasteiger partial charge in [0.15, 0.2) is 0 Å². The Morgan fingerprint density at radius 2 is 2.22 bits per heavy atom. The Balaban J connectivity index is 2.00. The van der Waals surface area contributed by atoms with Crippen molar-refractivity contribution < 1.29 is 14.6 Å². The summed E-state index contributed by atoms with van der Waals surface area (Å²) in [5.41, 5.74) is 0.938. The molecule has 0 aliphatic carbocycles. The smallest absolute Gasteiger partial charge is 0.123 e. The number of hydrogen-bond donors (Lipinski definition) is 1. The van der Waals surface area contributed by atoms with Gasteiger partial charge in [-0.25, -0.2) is 0 Å². The quantitative estimate of drug-likeness (QED) is 0.889. The van der Waals surface area contributed by atoms with Crippen molar-refractivity contribution in [1.29, 1.82) is 0 Å². The van der Waals surface area contributed by atoms with Crippen molar-refractivity contribution in [3.8, 4) is 11.5 Å². The summed E-state index contributed by atoms with van der Waals surface area (Å²) in [6.07, 6.45) is 2.59. The number of ether oxygens (including phenoxy) is 2. The molecule has 0 aromatic heterocycles. The second-order valence-corrected chi connectivity index (χ2v) is 4.73. The molecule has 0 saturated carbocycles. The van der Waals surface area contributed by atoms with Gasteiger partial charge in [0, 0.05) is 31.8 Å². The highest BCUT2D eigenvalue weighted by atomic mass is 16.5. The average molecular weight is 251 g/mol. The number of likely N-dealkylation sites (tertiary alicyclic amines) is 1. The van der Waals surface area contributed by atoms with Crippen LogP contribution >= 0.6 is 0 Å². The lowest BCUT2D eigenvalue weighted by molar-refractivity contribution is 0.0283. The third-order valence-electron chi connectivity index (χ3n) is 3.48. The van der Waals surface area contributed by atoms with Gasteiger partial charge in [0.05, 0.1) is 13.2 Å². The molecule has 4 nitrogen and oxygen atoms in total. The summed E-state index contributed by atoms with van der Waals surface area (Å²) in [5, 5.41) is 9.94. The van der Waals surface area contributed by atoms with Crippen molar-refractivity contribution in [2.24, 2.45) is 0 Å². The molecule has 1 heterocycles. The van der Waals surface area contributed by atoms with Gasteiger partial charge in [-0.05, 0) is 25.5 Å². The van der Waals surface area contributed by atoms with Crippen LogP contribution in [0.2, 0.25) is 0 Å². The zero-order valence-corrected chi connectivity index (χ0v) is 11.1. The molecule has 0 amide bonds. The highest BCUT2D eigenvalue weighted by Gasteiger charge is 2.20. The van der Waals surface area contributed by atoms with Gasteiger partial charge in [0.2, 0.25) is 0 Å². The molecular formula is C14H21NO3. The van der Waals surface area contributed by atoms with Gasteiger partial charge < -0.3 is 14.6 Å². The molecule has 1 saturated heterocycles. The highest BCUT2D eigenvalue weighted by Crippen LogP contribution is 2.25. The Labute approximate surface area is 108 Å². The van der Waals surface area contributed by atoms with E-state index in [1.807, 2.05) is 12.1 Å². The molecule has 0 radical (unpaired) electrons. The summed E-state index contributed by atoms with van der Waals surface area (Å²) in [6, 6.07) is 5.46. The van der Waals surface area contributed by atoms with Crippen molar-refractivity contribution in [2.75, 3.05) is 27.3 Å². The first-order valence-corrected chi connectivity index (χ1v) is 6.34. The van der Waals surface area contributed by atoms with Crippen molar-refractivity contribution in [3.63, 3.8) is 0 Å². The fourth-order valence-electron chi connectivity index (χ4n) is 2.39. The SMILES string of the molecule is COc1ccc(CN2CCCC(OC)C2)c(O)c1. The number of methoxy groups -OCH3 is 2. The Morgan fingerprint density at radius 1 is 1.39 bits per heavy atom. The maximum Gasteiger partial charge on any atom is 0.123 e. The largest absolute Gasteiger partial charge is 0.507 e. The van der Waals surface area contributed by atoms with E-state index < -0.39 is 0 Å². The van der Waals surface area contributed by atoms with E-state index in [-0.39, 0.29) is 0 Å². The third kappa shape index (κ3) is 3.15. The molecule has 1 atom stereocenters. The van der Waals surface area contributed by atoms with Crippen LogP contribution in [0.3, 0.4) is 0 Å². The number of hydrogen-bond acceptors (Lipinski definition) is 4. The lowest BCUT2D eigenvalue weighted by Crippen LogP contribution is -2.38. The highest BCUT2D eigenvalue weighted by molar-refractivity contribution is 5.39. The van der Waals surface area contributed by atoms with E-state index in [1.165, 1.54) is 0 Å². The summed E-state index contributed by atoms with van der Waals surface area (Å²) in [6.45, 7) is 2.75. The molecule has 1 aromatic rings. The van der Waals surface area contributed by atoms with Gasteiger partial charge in [0.1, 0.15) is 11.5 Å². The van der Waals surface area contributed by atoms with E-state index >= 15 is 0 Å². The van der Waals surface area contributed by atoms with E-state index in [0.717, 1.165) is 38.0 Å². The van der Waals surface area contributed by atoms with Crippen LogP contribution in [-0.2, 0) is 11.3 Å². The van der Waals surface area contributed by atoms with Crippen LogP contribution in [0.15, 0.2) is 18.2 Å². The summed E-state index contributed by atoms with van der Waals surface area (Å²) < 4.78 is 10.5. The number of piperidine rings is 1. The summed E-state index contributed by atoms with van der Waals surface area (Å²) in [7, 11) is 3.36.